The fourth-order valence-corrected chi connectivity index (χ4v) is 6.71. The number of ether oxygens (including phenoxy) is 1. The van der Waals surface area contributed by atoms with Crippen molar-refractivity contribution in [2.75, 3.05) is 53.6 Å². The Hall–Kier alpha value is -3.88. The highest BCUT2D eigenvalue weighted by atomic mass is 32.2. The van der Waals surface area contributed by atoms with Crippen LogP contribution in [-0.4, -0.2) is 84.3 Å². The Labute approximate surface area is 248 Å². The van der Waals surface area contributed by atoms with Crippen molar-refractivity contribution < 1.29 is 26.7 Å². The molecule has 15 heteroatoms. The van der Waals surface area contributed by atoms with Crippen LogP contribution in [0.2, 0.25) is 0 Å². The molecule has 230 valence electrons. The lowest BCUT2D eigenvalue weighted by atomic mass is 9.93. The van der Waals surface area contributed by atoms with Gasteiger partial charge in [0, 0.05) is 44.7 Å². The van der Waals surface area contributed by atoms with Gasteiger partial charge < -0.3 is 14.5 Å². The van der Waals surface area contributed by atoms with Crippen LogP contribution < -0.4 is 14.5 Å². The van der Waals surface area contributed by atoms with Gasteiger partial charge in [-0.05, 0) is 62.3 Å². The van der Waals surface area contributed by atoms with Gasteiger partial charge in [-0.1, -0.05) is 5.21 Å². The molecule has 2 saturated heterocycles. The van der Waals surface area contributed by atoms with Crippen LogP contribution in [0.5, 0.6) is 0 Å². The second kappa shape index (κ2) is 11.0. The van der Waals surface area contributed by atoms with Crippen molar-refractivity contribution >= 4 is 33.3 Å². The first-order valence-corrected chi connectivity index (χ1v) is 16.0. The number of nitrogens with one attached hydrogen (secondary N) is 1. The number of anilines is 3. The van der Waals surface area contributed by atoms with E-state index in [1.165, 1.54) is 12.8 Å². The monoisotopic (exact) mass is 616 g/mol. The molecule has 3 aliphatic rings. The summed E-state index contributed by atoms with van der Waals surface area (Å²) in [6.45, 7) is 3.78. The van der Waals surface area contributed by atoms with Crippen LogP contribution in [0.3, 0.4) is 0 Å². The lowest BCUT2D eigenvalue weighted by Crippen LogP contribution is -2.40. The molecule has 1 N–H and O–H groups in total. The molecule has 2 aromatic heterocycles. The fourth-order valence-electron chi connectivity index (χ4n) is 5.72. The molecule has 0 radical (unpaired) electrons. The summed E-state index contributed by atoms with van der Waals surface area (Å²) in [7, 11) is -2.84. The standard InChI is InChI=1S/C28H34F2N8O4S/c1-19-15-21(32-26(31-19)37-13-9-28(29,30)10-14-37)22-17-38(35-33-22)23-4-3-20(34-43(40,41)18-25(39)42-2)16-24(23)36-11-7-27(5-6-27)8-12-36/h3-4,15-17,34H,5-14,18H2,1-2H3. The Kier molecular flexibility index (Phi) is 7.47. The molecule has 4 heterocycles. The lowest BCUT2D eigenvalue weighted by molar-refractivity contribution is -0.137. The molecule has 12 nitrogen and oxygen atoms in total. The minimum absolute atomic E-state index is 0.165. The normalized spacial score (nSPS) is 19.3. The maximum absolute atomic E-state index is 13.7. The number of rotatable bonds is 8. The first-order valence-electron chi connectivity index (χ1n) is 14.3. The van der Waals surface area contributed by atoms with E-state index >= 15 is 0 Å². The summed E-state index contributed by atoms with van der Waals surface area (Å²) in [4.78, 5) is 24.7. The van der Waals surface area contributed by atoms with Gasteiger partial charge in [-0.3, -0.25) is 9.52 Å². The molecular weight excluding hydrogens is 582 g/mol. The Morgan fingerprint density at radius 1 is 0.953 bits per heavy atom. The maximum Gasteiger partial charge on any atom is 0.322 e. The maximum atomic E-state index is 13.7. The van der Waals surface area contributed by atoms with Crippen molar-refractivity contribution in [3.05, 3.63) is 36.2 Å². The van der Waals surface area contributed by atoms with Crippen molar-refractivity contribution in [3.8, 4) is 17.1 Å². The average molecular weight is 617 g/mol. The van der Waals surface area contributed by atoms with E-state index < -0.39 is 27.7 Å². The molecule has 0 amide bonds. The number of carbonyl (C=O) groups is 1. The van der Waals surface area contributed by atoms with Gasteiger partial charge in [0.25, 0.3) is 5.92 Å². The second-order valence-corrected chi connectivity index (χ2v) is 13.4. The topological polar surface area (TPSA) is 135 Å². The highest BCUT2D eigenvalue weighted by Gasteiger charge is 2.44. The number of aromatic nitrogens is 5. The Balaban J connectivity index is 1.29. The highest BCUT2D eigenvalue weighted by molar-refractivity contribution is 7.93. The van der Waals surface area contributed by atoms with Crippen LogP contribution in [0, 0.1) is 12.3 Å². The predicted molar refractivity (Wildman–Crippen MR) is 156 cm³/mol. The minimum Gasteiger partial charge on any atom is -0.468 e. The third-order valence-corrected chi connectivity index (χ3v) is 9.69. The molecule has 43 heavy (non-hydrogen) atoms. The number of halogens is 2. The molecule has 2 aliphatic heterocycles. The second-order valence-electron chi connectivity index (χ2n) is 11.7. The number of aryl methyl sites for hydroxylation is 1. The SMILES string of the molecule is COC(=O)CS(=O)(=O)Nc1ccc(-n2cc(-c3cc(C)nc(N4CCC(F)(F)CC4)n3)nn2)c(N2CCC3(CC2)CC3)c1. The van der Waals surface area contributed by atoms with E-state index in [9.17, 15) is 22.0 Å². The number of carbonyl (C=O) groups excluding carboxylic acids is 1. The lowest BCUT2D eigenvalue weighted by Gasteiger charge is -2.35. The number of nitrogens with zero attached hydrogens (tertiary/aromatic N) is 7. The number of alkyl halides is 2. The molecular formula is C28H34F2N8O4S. The van der Waals surface area contributed by atoms with Crippen molar-refractivity contribution in [1.82, 2.24) is 25.0 Å². The summed E-state index contributed by atoms with van der Waals surface area (Å²) < 4.78 is 61.2. The molecule has 0 atom stereocenters. The van der Waals surface area contributed by atoms with Crippen LogP contribution in [0.25, 0.3) is 17.1 Å². The van der Waals surface area contributed by atoms with E-state index in [-0.39, 0.29) is 25.9 Å². The Bertz CT molecular complexity index is 1620. The number of methoxy groups -OCH3 is 1. The number of hydrogen-bond acceptors (Lipinski definition) is 10. The molecule has 1 aromatic carbocycles. The Morgan fingerprint density at radius 2 is 1.65 bits per heavy atom. The number of benzene rings is 1. The van der Waals surface area contributed by atoms with Crippen LogP contribution in [0.15, 0.2) is 30.5 Å². The number of hydrogen-bond donors (Lipinski definition) is 1. The third-order valence-electron chi connectivity index (χ3n) is 8.53. The van der Waals surface area contributed by atoms with E-state index in [0.29, 0.717) is 39.8 Å². The van der Waals surface area contributed by atoms with E-state index in [4.69, 9.17) is 0 Å². The molecule has 6 rings (SSSR count). The molecule has 0 unspecified atom stereocenters. The number of sulfonamides is 1. The molecule has 1 saturated carbocycles. The summed E-state index contributed by atoms with van der Waals surface area (Å²) in [6, 6.07) is 6.89. The zero-order chi connectivity index (χ0) is 30.4. The van der Waals surface area contributed by atoms with Crippen molar-refractivity contribution in [1.29, 1.82) is 0 Å². The van der Waals surface area contributed by atoms with Gasteiger partial charge in [-0.2, -0.15) is 0 Å². The van der Waals surface area contributed by atoms with E-state index in [1.54, 1.807) is 40.0 Å². The number of piperidine rings is 2. The molecule has 3 aromatic rings. The zero-order valence-corrected chi connectivity index (χ0v) is 24.9. The van der Waals surface area contributed by atoms with Gasteiger partial charge in [0.05, 0.1) is 36.1 Å². The Morgan fingerprint density at radius 3 is 2.33 bits per heavy atom. The quantitative estimate of drug-likeness (QED) is 0.374. The summed E-state index contributed by atoms with van der Waals surface area (Å²) in [5.74, 6) is -3.94. The molecule has 0 bridgehead atoms. The minimum atomic E-state index is -3.97. The van der Waals surface area contributed by atoms with Crippen molar-refractivity contribution in [2.45, 2.75) is 51.4 Å². The fraction of sp³-hybridized carbons (Fsp3) is 0.536. The summed E-state index contributed by atoms with van der Waals surface area (Å²) in [5, 5.41) is 8.73. The van der Waals surface area contributed by atoms with Gasteiger partial charge in [0.2, 0.25) is 16.0 Å². The van der Waals surface area contributed by atoms with Gasteiger partial charge in [0.15, 0.2) is 5.75 Å². The smallest absolute Gasteiger partial charge is 0.322 e. The van der Waals surface area contributed by atoms with Crippen molar-refractivity contribution in [3.63, 3.8) is 0 Å². The summed E-state index contributed by atoms with van der Waals surface area (Å²) in [6.07, 6.45) is 5.84. The highest BCUT2D eigenvalue weighted by Crippen LogP contribution is 2.54. The van der Waals surface area contributed by atoms with Gasteiger partial charge >= 0.3 is 5.97 Å². The summed E-state index contributed by atoms with van der Waals surface area (Å²) >= 11 is 0. The van der Waals surface area contributed by atoms with Gasteiger partial charge in [0.1, 0.15) is 5.69 Å². The predicted octanol–water partition coefficient (Wildman–Crippen LogP) is 3.56. The average Bonchev–Trinajstić information content (AvgIpc) is 3.52. The van der Waals surface area contributed by atoms with Gasteiger partial charge in [-0.25, -0.2) is 31.8 Å². The largest absolute Gasteiger partial charge is 0.468 e. The summed E-state index contributed by atoms with van der Waals surface area (Å²) in [5.41, 5.74) is 3.91. The first-order chi connectivity index (χ1) is 20.4. The first kappa shape index (κ1) is 29.2. The number of esters is 1. The zero-order valence-electron chi connectivity index (χ0n) is 24.1. The van der Waals surface area contributed by atoms with Crippen molar-refractivity contribution in [2.24, 2.45) is 5.41 Å². The van der Waals surface area contributed by atoms with E-state index in [0.717, 1.165) is 38.7 Å². The van der Waals surface area contributed by atoms with Crippen LogP contribution in [0.1, 0.15) is 44.2 Å². The molecule has 1 spiro atoms. The van der Waals surface area contributed by atoms with Gasteiger partial charge in [-0.15, -0.1) is 5.10 Å². The third kappa shape index (κ3) is 6.55. The van der Waals surface area contributed by atoms with Crippen LogP contribution in [0.4, 0.5) is 26.1 Å². The van der Waals surface area contributed by atoms with E-state index in [1.807, 2.05) is 6.92 Å². The van der Waals surface area contributed by atoms with Crippen LogP contribution in [-0.2, 0) is 19.6 Å². The van der Waals surface area contributed by atoms with Crippen LogP contribution >= 0.6 is 0 Å². The molecule has 1 aliphatic carbocycles. The molecule has 3 fully saturated rings. The van der Waals surface area contributed by atoms with E-state index in [2.05, 4.69) is 34.6 Å².